The summed E-state index contributed by atoms with van der Waals surface area (Å²) in [5.74, 6) is 0.348. The van der Waals surface area contributed by atoms with Gasteiger partial charge in [0.25, 0.3) is 0 Å². The van der Waals surface area contributed by atoms with Crippen molar-refractivity contribution in [3.8, 4) is 0 Å². The van der Waals surface area contributed by atoms with E-state index < -0.39 is 5.97 Å². The summed E-state index contributed by atoms with van der Waals surface area (Å²) < 4.78 is 0. The lowest BCUT2D eigenvalue weighted by atomic mass is 9.83. The minimum absolute atomic E-state index is 0.122. The molecule has 3 nitrogen and oxygen atoms in total. The van der Waals surface area contributed by atoms with Gasteiger partial charge in [-0.05, 0) is 18.4 Å². The maximum absolute atomic E-state index is 10.9. The SMILES string of the molecule is O=C(O)C1CNCC1C1CCCC1. The summed E-state index contributed by atoms with van der Waals surface area (Å²) in [5.41, 5.74) is 0. The monoisotopic (exact) mass is 183 g/mol. The van der Waals surface area contributed by atoms with E-state index in [4.69, 9.17) is 5.11 Å². The highest BCUT2D eigenvalue weighted by Gasteiger charge is 2.38. The Morgan fingerprint density at radius 1 is 1.23 bits per heavy atom. The molecule has 2 N–H and O–H groups in total. The lowest BCUT2D eigenvalue weighted by molar-refractivity contribution is -0.142. The summed E-state index contributed by atoms with van der Waals surface area (Å²) in [4.78, 5) is 10.9. The Labute approximate surface area is 78.5 Å². The van der Waals surface area contributed by atoms with Crippen molar-refractivity contribution in [2.75, 3.05) is 13.1 Å². The molecule has 1 heterocycles. The van der Waals surface area contributed by atoms with Crippen LogP contribution >= 0.6 is 0 Å². The third-order valence-corrected chi connectivity index (χ3v) is 3.58. The van der Waals surface area contributed by atoms with Gasteiger partial charge in [-0.1, -0.05) is 25.7 Å². The molecule has 2 atom stereocenters. The molecule has 74 valence electrons. The fourth-order valence-corrected chi connectivity index (χ4v) is 2.85. The molecule has 1 aliphatic heterocycles. The number of aliphatic carboxylic acids is 1. The van der Waals surface area contributed by atoms with Gasteiger partial charge in [-0.25, -0.2) is 0 Å². The molecule has 1 saturated heterocycles. The molecule has 0 aromatic carbocycles. The molecule has 2 rings (SSSR count). The molecule has 0 aromatic heterocycles. The topological polar surface area (TPSA) is 49.3 Å². The van der Waals surface area contributed by atoms with Crippen LogP contribution in [-0.2, 0) is 4.79 Å². The van der Waals surface area contributed by atoms with Crippen molar-refractivity contribution in [1.29, 1.82) is 0 Å². The standard InChI is InChI=1S/C10H17NO2/c12-10(13)9-6-11-5-8(9)7-3-1-2-4-7/h7-9,11H,1-6H2,(H,12,13). The van der Waals surface area contributed by atoms with Crippen LogP contribution in [0.5, 0.6) is 0 Å². The molecular weight excluding hydrogens is 166 g/mol. The fourth-order valence-electron chi connectivity index (χ4n) is 2.85. The van der Waals surface area contributed by atoms with E-state index in [1.165, 1.54) is 25.7 Å². The van der Waals surface area contributed by atoms with Gasteiger partial charge in [0, 0.05) is 6.54 Å². The first-order valence-electron chi connectivity index (χ1n) is 5.22. The van der Waals surface area contributed by atoms with Crippen molar-refractivity contribution < 1.29 is 9.90 Å². The highest BCUT2D eigenvalue weighted by atomic mass is 16.4. The maximum atomic E-state index is 10.9. The normalized spacial score (nSPS) is 35.4. The van der Waals surface area contributed by atoms with Crippen molar-refractivity contribution in [1.82, 2.24) is 5.32 Å². The van der Waals surface area contributed by atoms with Crippen molar-refractivity contribution >= 4 is 5.97 Å². The van der Waals surface area contributed by atoms with E-state index in [0.29, 0.717) is 18.4 Å². The van der Waals surface area contributed by atoms with Gasteiger partial charge in [0.05, 0.1) is 5.92 Å². The van der Waals surface area contributed by atoms with Gasteiger partial charge in [0.1, 0.15) is 0 Å². The average Bonchev–Trinajstić information content (AvgIpc) is 2.74. The zero-order valence-electron chi connectivity index (χ0n) is 7.83. The van der Waals surface area contributed by atoms with Crippen LogP contribution in [0.2, 0.25) is 0 Å². The maximum Gasteiger partial charge on any atom is 0.308 e. The van der Waals surface area contributed by atoms with Crippen LogP contribution in [0, 0.1) is 17.8 Å². The Morgan fingerprint density at radius 2 is 1.92 bits per heavy atom. The van der Waals surface area contributed by atoms with E-state index in [0.717, 1.165) is 6.54 Å². The lowest BCUT2D eigenvalue weighted by Crippen LogP contribution is -2.26. The van der Waals surface area contributed by atoms with E-state index in [1.807, 2.05) is 0 Å². The van der Waals surface area contributed by atoms with Gasteiger partial charge in [0.15, 0.2) is 0 Å². The summed E-state index contributed by atoms with van der Waals surface area (Å²) in [7, 11) is 0. The highest BCUT2D eigenvalue weighted by Crippen LogP contribution is 2.36. The Bertz CT molecular complexity index is 199. The molecule has 13 heavy (non-hydrogen) atoms. The van der Waals surface area contributed by atoms with Crippen LogP contribution in [0.15, 0.2) is 0 Å². The van der Waals surface area contributed by atoms with Gasteiger partial charge in [0.2, 0.25) is 0 Å². The molecule has 1 aliphatic carbocycles. The van der Waals surface area contributed by atoms with Gasteiger partial charge in [-0.2, -0.15) is 0 Å². The molecule has 0 radical (unpaired) electrons. The Kier molecular flexibility index (Phi) is 2.54. The number of hydrogen-bond donors (Lipinski definition) is 2. The molecule has 1 saturated carbocycles. The zero-order chi connectivity index (χ0) is 9.26. The first-order chi connectivity index (χ1) is 6.29. The number of rotatable bonds is 2. The largest absolute Gasteiger partial charge is 0.481 e. The number of carboxylic acids is 1. The second-order valence-corrected chi connectivity index (χ2v) is 4.31. The Morgan fingerprint density at radius 3 is 2.54 bits per heavy atom. The first kappa shape index (κ1) is 9.00. The summed E-state index contributed by atoms with van der Waals surface area (Å²) >= 11 is 0. The predicted molar refractivity (Wildman–Crippen MR) is 49.4 cm³/mol. The van der Waals surface area contributed by atoms with Crippen molar-refractivity contribution in [3.05, 3.63) is 0 Å². The number of carboxylic acid groups (broad SMARTS) is 1. The molecule has 3 heteroatoms. The van der Waals surface area contributed by atoms with Crippen LogP contribution in [0.25, 0.3) is 0 Å². The Hall–Kier alpha value is -0.570. The van der Waals surface area contributed by atoms with E-state index in [1.54, 1.807) is 0 Å². The smallest absolute Gasteiger partial charge is 0.308 e. The molecule has 0 aromatic rings. The van der Waals surface area contributed by atoms with E-state index in [9.17, 15) is 4.79 Å². The second-order valence-electron chi connectivity index (χ2n) is 4.31. The van der Waals surface area contributed by atoms with E-state index >= 15 is 0 Å². The predicted octanol–water partition coefficient (Wildman–Crippen LogP) is 1.10. The van der Waals surface area contributed by atoms with Gasteiger partial charge in [-0.3, -0.25) is 4.79 Å². The quantitative estimate of drug-likeness (QED) is 0.674. The van der Waals surface area contributed by atoms with Gasteiger partial charge < -0.3 is 10.4 Å². The van der Waals surface area contributed by atoms with Gasteiger partial charge >= 0.3 is 5.97 Å². The van der Waals surface area contributed by atoms with E-state index in [-0.39, 0.29) is 5.92 Å². The minimum Gasteiger partial charge on any atom is -0.481 e. The molecule has 0 bridgehead atoms. The molecule has 2 aliphatic rings. The highest BCUT2D eigenvalue weighted by molar-refractivity contribution is 5.71. The number of hydrogen-bond acceptors (Lipinski definition) is 2. The third-order valence-electron chi connectivity index (χ3n) is 3.58. The van der Waals surface area contributed by atoms with Crippen molar-refractivity contribution in [2.45, 2.75) is 25.7 Å². The summed E-state index contributed by atoms with van der Waals surface area (Å²) in [6.07, 6.45) is 5.09. The zero-order valence-corrected chi connectivity index (χ0v) is 7.83. The van der Waals surface area contributed by atoms with Crippen LogP contribution in [-0.4, -0.2) is 24.2 Å². The molecule has 2 fully saturated rings. The third kappa shape index (κ3) is 1.70. The summed E-state index contributed by atoms with van der Waals surface area (Å²) in [5, 5.41) is 12.2. The number of nitrogens with one attached hydrogen (secondary N) is 1. The molecular formula is C10H17NO2. The number of carbonyl (C=O) groups is 1. The van der Waals surface area contributed by atoms with Crippen molar-refractivity contribution in [3.63, 3.8) is 0 Å². The minimum atomic E-state index is -0.609. The fraction of sp³-hybridized carbons (Fsp3) is 0.900. The summed E-state index contributed by atoms with van der Waals surface area (Å²) in [6, 6.07) is 0. The van der Waals surface area contributed by atoms with E-state index in [2.05, 4.69) is 5.32 Å². The van der Waals surface area contributed by atoms with Crippen LogP contribution in [0.4, 0.5) is 0 Å². The van der Waals surface area contributed by atoms with Gasteiger partial charge in [-0.15, -0.1) is 0 Å². The van der Waals surface area contributed by atoms with Crippen LogP contribution in [0.1, 0.15) is 25.7 Å². The first-order valence-corrected chi connectivity index (χ1v) is 5.22. The second kappa shape index (κ2) is 3.66. The van der Waals surface area contributed by atoms with Crippen LogP contribution in [0.3, 0.4) is 0 Å². The lowest BCUT2D eigenvalue weighted by Gasteiger charge is -2.21. The molecule has 0 amide bonds. The molecule has 0 spiro atoms. The molecule has 2 unspecified atom stereocenters. The average molecular weight is 183 g/mol. The van der Waals surface area contributed by atoms with Crippen molar-refractivity contribution in [2.24, 2.45) is 17.8 Å². The summed E-state index contributed by atoms with van der Waals surface area (Å²) in [6.45, 7) is 1.60. The Balaban J connectivity index is 2.00. The van der Waals surface area contributed by atoms with Crippen LogP contribution < -0.4 is 5.32 Å².